The third kappa shape index (κ3) is 3.74. The number of hydrogen-bond donors (Lipinski definition) is 0. The summed E-state index contributed by atoms with van der Waals surface area (Å²) in [5, 5.41) is 0. The number of hydrogen-bond acceptors (Lipinski definition) is 4. The lowest BCUT2D eigenvalue weighted by Crippen LogP contribution is -2.36. The first-order valence-electron chi connectivity index (χ1n) is 6.59. The van der Waals surface area contributed by atoms with E-state index in [4.69, 9.17) is 8.83 Å². The topological polar surface area (TPSA) is 49.8 Å². The molecule has 108 valence electrons. The standard InChI is InChI=1S/C15H20N2O3/c1-12-6-7-13(20-12)11-17(9-8-16(2)3)15(18)14-5-4-10-19-14/h4-7,10H,8-9,11H2,1-3H3. The number of carbonyl (C=O) groups is 1. The molecule has 0 N–H and O–H groups in total. The summed E-state index contributed by atoms with van der Waals surface area (Å²) in [6.45, 7) is 3.74. The molecule has 0 saturated carbocycles. The Morgan fingerprint density at radius 1 is 1.20 bits per heavy atom. The number of carbonyl (C=O) groups excluding carboxylic acids is 1. The van der Waals surface area contributed by atoms with Gasteiger partial charge in [0, 0.05) is 13.1 Å². The van der Waals surface area contributed by atoms with Crippen molar-refractivity contribution >= 4 is 5.91 Å². The van der Waals surface area contributed by atoms with E-state index in [2.05, 4.69) is 0 Å². The SMILES string of the molecule is Cc1ccc(CN(CCN(C)C)C(=O)c2ccco2)o1. The zero-order valence-electron chi connectivity index (χ0n) is 12.1. The summed E-state index contributed by atoms with van der Waals surface area (Å²) in [4.78, 5) is 16.2. The normalized spacial score (nSPS) is 11.0. The van der Waals surface area contributed by atoms with Gasteiger partial charge < -0.3 is 18.6 Å². The van der Waals surface area contributed by atoms with Crippen molar-refractivity contribution in [2.45, 2.75) is 13.5 Å². The number of rotatable bonds is 6. The summed E-state index contributed by atoms with van der Waals surface area (Å²) in [6.07, 6.45) is 1.51. The van der Waals surface area contributed by atoms with Crippen LogP contribution in [0.25, 0.3) is 0 Å². The van der Waals surface area contributed by atoms with Gasteiger partial charge in [-0.05, 0) is 45.3 Å². The maximum Gasteiger partial charge on any atom is 0.289 e. The first kappa shape index (κ1) is 14.4. The van der Waals surface area contributed by atoms with Gasteiger partial charge in [-0.15, -0.1) is 0 Å². The first-order chi connectivity index (χ1) is 9.56. The molecule has 0 atom stereocenters. The Balaban J connectivity index is 2.09. The Bertz CT molecular complexity index is 543. The smallest absolute Gasteiger partial charge is 0.289 e. The molecule has 0 aliphatic carbocycles. The average Bonchev–Trinajstić information content (AvgIpc) is 3.04. The molecule has 2 heterocycles. The van der Waals surface area contributed by atoms with Crippen molar-refractivity contribution in [2.24, 2.45) is 0 Å². The fraction of sp³-hybridized carbons (Fsp3) is 0.400. The maximum absolute atomic E-state index is 12.4. The molecule has 5 nitrogen and oxygen atoms in total. The molecular weight excluding hydrogens is 256 g/mol. The first-order valence-corrected chi connectivity index (χ1v) is 6.59. The largest absolute Gasteiger partial charge is 0.464 e. The zero-order valence-corrected chi connectivity index (χ0v) is 12.1. The Hall–Kier alpha value is -2.01. The third-order valence-electron chi connectivity index (χ3n) is 2.98. The molecule has 2 aromatic heterocycles. The van der Waals surface area contributed by atoms with E-state index in [9.17, 15) is 4.79 Å². The van der Waals surface area contributed by atoms with Gasteiger partial charge in [-0.1, -0.05) is 0 Å². The van der Waals surface area contributed by atoms with Gasteiger partial charge in [-0.25, -0.2) is 0 Å². The molecule has 1 amide bonds. The van der Waals surface area contributed by atoms with Crippen molar-refractivity contribution < 1.29 is 13.6 Å². The van der Waals surface area contributed by atoms with E-state index in [1.165, 1.54) is 6.26 Å². The summed E-state index contributed by atoms with van der Waals surface area (Å²) in [5.41, 5.74) is 0. The van der Waals surface area contributed by atoms with Crippen LogP contribution in [-0.4, -0.2) is 42.9 Å². The highest BCUT2D eigenvalue weighted by Crippen LogP contribution is 2.13. The van der Waals surface area contributed by atoms with Crippen molar-refractivity contribution in [3.05, 3.63) is 47.8 Å². The highest BCUT2D eigenvalue weighted by Gasteiger charge is 2.19. The van der Waals surface area contributed by atoms with E-state index in [-0.39, 0.29) is 5.91 Å². The second kappa shape index (κ2) is 6.43. The third-order valence-corrected chi connectivity index (χ3v) is 2.98. The van der Waals surface area contributed by atoms with Crippen LogP contribution in [0.2, 0.25) is 0 Å². The van der Waals surface area contributed by atoms with E-state index in [1.807, 2.05) is 38.1 Å². The minimum atomic E-state index is -0.120. The molecule has 0 aromatic carbocycles. The number of furan rings is 2. The molecule has 0 fully saturated rings. The lowest BCUT2D eigenvalue weighted by atomic mass is 10.3. The van der Waals surface area contributed by atoms with E-state index < -0.39 is 0 Å². The Kier molecular flexibility index (Phi) is 4.63. The van der Waals surface area contributed by atoms with E-state index >= 15 is 0 Å². The van der Waals surface area contributed by atoms with Crippen molar-refractivity contribution in [1.82, 2.24) is 9.80 Å². The van der Waals surface area contributed by atoms with Crippen LogP contribution in [-0.2, 0) is 6.54 Å². The molecule has 0 saturated heterocycles. The number of amides is 1. The molecule has 0 aliphatic rings. The number of likely N-dealkylation sites (N-methyl/N-ethyl adjacent to an activating group) is 1. The van der Waals surface area contributed by atoms with Gasteiger partial charge in [0.25, 0.3) is 5.91 Å². The van der Waals surface area contributed by atoms with Crippen molar-refractivity contribution in [3.8, 4) is 0 Å². The van der Waals surface area contributed by atoms with Gasteiger partial charge in [0.15, 0.2) is 5.76 Å². The molecule has 2 aromatic rings. The summed E-state index contributed by atoms with van der Waals surface area (Å²) in [7, 11) is 3.96. The molecule has 0 unspecified atom stereocenters. The Labute approximate surface area is 118 Å². The van der Waals surface area contributed by atoms with Gasteiger partial charge in [-0.3, -0.25) is 4.79 Å². The Morgan fingerprint density at radius 3 is 2.55 bits per heavy atom. The van der Waals surface area contributed by atoms with Crippen molar-refractivity contribution in [1.29, 1.82) is 0 Å². The minimum Gasteiger partial charge on any atom is -0.464 e. The van der Waals surface area contributed by atoms with Gasteiger partial charge >= 0.3 is 0 Å². The second-order valence-electron chi connectivity index (χ2n) is 5.02. The Morgan fingerprint density at radius 2 is 2.00 bits per heavy atom. The van der Waals surface area contributed by atoms with Crippen LogP contribution in [0.4, 0.5) is 0 Å². The van der Waals surface area contributed by atoms with Crippen LogP contribution >= 0.6 is 0 Å². The summed E-state index contributed by atoms with van der Waals surface area (Å²) in [5.74, 6) is 1.86. The van der Waals surface area contributed by atoms with Crippen LogP contribution in [0.3, 0.4) is 0 Å². The predicted molar refractivity (Wildman–Crippen MR) is 75.4 cm³/mol. The minimum absolute atomic E-state index is 0.120. The van der Waals surface area contributed by atoms with Crippen LogP contribution in [0, 0.1) is 6.92 Å². The van der Waals surface area contributed by atoms with Crippen LogP contribution in [0.5, 0.6) is 0 Å². The predicted octanol–water partition coefficient (Wildman–Crippen LogP) is 2.39. The number of nitrogens with zero attached hydrogens (tertiary/aromatic N) is 2. The van der Waals surface area contributed by atoms with E-state index in [0.717, 1.165) is 18.1 Å². The molecular formula is C15H20N2O3. The fourth-order valence-corrected chi connectivity index (χ4v) is 1.89. The van der Waals surface area contributed by atoms with Crippen LogP contribution in [0.1, 0.15) is 22.1 Å². The van der Waals surface area contributed by atoms with Crippen LogP contribution in [0.15, 0.2) is 39.4 Å². The highest BCUT2D eigenvalue weighted by atomic mass is 16.3. The molecule has 0 aliphatic heterocycles. The average molecular weight is 276 g/mol. The maximum atomic E-state index is 12.4. The lowest BCUT2D eigenvalue weighted by Gasteiger charge is -2.22. The lowest BCUT2D eigenvalue weighted by molar-refractivity contribution is 0.0687. The quantitative estimate of drug-likeness (QED) is 0.813. The monoisotopic (exact) mass is 276 g/mol. The van der Waals surface area contributed by atoms with Gasteiger partial charge in [0.2, 0.25) is 0 Å². The number of aryl methyl sites for hydroxylation is 1. The molecule has 0 radical (unpaired) electrons. The van der Waals surface area contributed by atoms with Crippen molar-refractivity contribution in [2.75, 3.05) is 27.2 Å². The van der Waals surface area contributed by atoms with Gasteiger partial charge in [0.1, 0.15) is 11.5 Å². The molecule has 0 spiro atoms. The summed E-state index contributed by atoms with van der Waals surface area (Å²) >= 11 is 0. The van der Waals surface area contributed by atoms with Crippen molar-refractivity contribution in [3.63, 3.8) is 0 Å². The molecule has 0 bridgehead atoms. The van der Waals surface area contributed by atoms with E-state index in [0.29, 0.717) is 18.8 Å². The summed E-state index contributed by atoms with van der Waals surface area (Å²) < 4.78 is 10.7. The molecule has 20 heavy (non-hydrogen) atoms. The highest BCUT2D eigenvalue weighted by molar-refractivity contribution is 5.91. The molecule has 5 heteroatoms. The second-order valence-corrected chi connectivity index (χ2v) is 5.02. The zero-order chi connectivity index (χ0) is 14.5. The molecule has 2 rings (SSSR count). The van der Waals surface area contributed by atoms with E-state index in [1.54, 1.807) is 17.0 Å². The fourth-order valence-electron chi connectivity index (χ4n) is 1.89. The van der Waals surface area contributed by atoms with Gasteiger partial charge in [0.05, 0.1) is 12.8 Å². The summed E-state index contributed by atoms with van der Waals surface area (Å²) in [6, 6.07) is 7.19. The van der Waals surface area contributed by atoms with Crippen LogP contribution < -0.4 is 0 Å². The van der Waals surface area contributed by atoms with Gasteiger partial charge in [-0.2, -0.15) is 0 Å².